The number of hydrogen-bond donors (Lipinski definition) is 1. The lowest BCUT2D eigenvalue weighted by molar-refractivity contribution is -0.384. The summed E-state index contributed by atoms with van der Waals surface area (Å²) < 4.78 is 5.09. The van der Waals surface area contributed by atoms with Crippen molar-refractivity contribution in [3.63, 3.8) is 0 Å². The Bertz CT molecular complexity index is 926. The van der Waals surface area contributed by atoms with Crippen molar-refractivity contribution in [1.29, 1.82) is 0 Å². The SMILES string of the molecule is CCc1cccc(C)c1NC(=O)CN1CC(=O)Oc2cc([N+](=O)[O-])ccc21. The second-order valence-corrected chi connectivity index (χ2v) is 6.25. The van der Waals surface area contributed by atoms with Crippen LogP contribution in [0.25, 0.3) is 0 Å². The van der Waals surface area contributed by atoms with Gasteiger partial charge in [0.15, 0.2) is 5.75 Å². The molecule has 0 atom stereocenters. The second kappa shape index (κ2) is 7.45. The van der Waals surface area contributed by atoms with Gasteiger partial charge in [0.25, 0.3) is 5.69 Å². The molecule has 1 aliphatic rings. The maximum atomic E-state index is 12.6. The molecule has 2 aromatic rings. The van der Waals surface area contributed by atoms with Crippen LogP contribution in [0.2, 0.25) is 0 Å². The van der Waals surface area contributed by atoms with Gasteiger partial charge in [-0.25, -0.2) is 4.79 Å². The number of carbonyl (C=O) groups excluding carboxylic acids is 2. The highest BCUT2D eigenvalue weighted by Gasteiger charge is 2.27. The molecule has 8 nitrogen and oxygen atoms in total. The van der Waals surface area contributed by atoms with E-state index in [0.29, 0.717) is 5.69 Å². The van der Waals surface area contributed by atoms with Gasteiger partial charge >= 0.3 is 5.97 Å². The number of rotatable bonds is 5. The molecule has 2 aromatic carbocycles. The van der Waals surface area contributed by atoms with Crippen LogP contribution < -0.4 is 15.0 Å². The van der Waals surface area contributed by atoms with Crippen molar-refractivity contribution in [2.24, 2.45) is 0 Å². The smallest absolute Gasteiger partial charge is 0.331 e. The third kappa shape index (κ3) is 3.89. The van der Waals surface area contributed by atoms with Crippen LogP contribution in [-0.2, 0) is 16.0 Å². The van der Waals surface area contributed by atoms with Crippen molar-refractivity contribution < 1.29 is 19.2 Å². The lowest BCUT2D eigenvalue weighted by atomic mass is 10.1. The molecule has 140 valence electrons. The van der Waals surface area contributed by atoms with E-state index in [0.717, 1.165) is 23.2 Å². The molecule has 3 rings (SSSR count). The highest BCUT2D eigenvalue weighted by Crippen LogP contribution is 2.35. The van der Waals surface area contributed by atoms with Crippen LogP contribution in [0.5, 0.6) is 5.75 Å². The third-order valence-corrected chi connectivity index (χ3v) is 4.38. The summed E-state index contributed by atoms with van der Waals surface area (Å²) in [6.07, 6.45) is 0.778. The number of esters is 1. The Morgan fingerprint density at radius 2 is 2.11 bits per heavy atom. The zero-order chi connectivity index (χ0) is 19.6. The molecule has 1 N–H and O–H groups in total. The molecule has 0 aromatic heterocycles. The number of nitrogens with one attached hydrogen (secondary N) is 1. The van der Waals surface area contributed by atoms with Gasteiger partial charge in [0.2, 0.25) is 5.91 Å². The van der Waals surface area contributed by atoms with Crippen LogP contribution in [-0.4, -0.2) is 29.9 Å². The number of hydrogen-bond acceptors (Lipinski definition) is 6. The van der Waals surface area contributed by atoms with E-state index in [1.807, 2.05) is 32.0 Å². The number of nitrogens with zero attached hydrogens (tertiary/aromatic N) is 2. The summed E-state index contributed by atoms with van der Waals surface area (Å²) in [5.74, 6) is -0.766. The minimum atomic E-state index is -0.569. The molecule has 0 saturated heterocycles. The average Bonchev–Trinajstić information content (AvgIpc) is 2.62. The number of para-hydroxylation sites is 1. The number of nitro benzene ring substituents is 1. The number of ether oxygens (including phenoxy) is 1. The van der Waals surface area contributed by atoms with E-state index in [2.05, 4.69) is 5.32 Å². The first-order valence-corrected chi connectivity index (χ1v) is 8.51. The summed E-state index contributed by atoms with van der Waals surface area (Å²) in [5.41, 5.74) is 3.04. The van der Waals surface area contributed by atoms with Crippen molar-refractivity contribution >= 4 is 28.9 Å². The molecule has 1 aliphatic heterocycles. The monoisotopic (exact) mass is 369 g/mol. The maximum Gasteiger partial charge on any atom is 0.331 e. The number of non-ortho nitro benzene ring substituents is 1. The average molecular weight is 369 g/mol. The van der Waals surface area contributed by atoms with Gasteiger partial charge in [-0.2, -0.15) is 0 Å². The third-order valence-electron chi connectivity index (χ3n) is 4.38. The van der Waals surface area contributed by atoms with Crippen LogP contribution >= 0.6 is 0 Å². The first-order valence-electron chi connectivity index (χ1n) is 8.51. The van der Waals surface area contributed by atoms with Crippen LogP contribution in [0.4, 0.5) is 17.1 Å². The van der Waals surface area contributed by atoms with Crippen LogP contribution in [0.3, 0.4) is 0 Å². The molecule has 8 heteroatoms. The quantitative estimate of drug-likeness (QED) is 0.376. The topological polar surface area (TPSA) is 102 Å². The summed E-state index contributed by atoms with van der Waals surface area (Å²) in [7, 11) is 0. The fourth-order valence-electron chi connectivity index (χ4n) is 3.05. The number of nitro groups is 1. The van der Waals surface area contributed by atoms with Gasteiger partial charge in [-0.3, -0.25) is 14.9 Å². The molecular weight excluding hydrogens is 350 g/mol. The van der Waals surface area contributed by atoms with Crippen LogP contribution in [0.1, 0.15) is 18.1 Å². The zero-order valence-corrected chi connectivity index (χ0v) is 15.0. The van der Waals surface area contributed by atoms with E-state index in [-0.39, 0.29) is 30.4 Å². The summed E-state index contributed by atoms with van der Waals surface area (Å²) in [4.78, 5) is 36.3. The van der Waals surface area contributed by atoms with Crippen LogP contribution in [0, 0.1) is 17.0 Å². The molecule has 1 heterocycles. The summed E-state index contributed by atoms with van der Waals surface area (Å²) in [6, 6.07) is 9.80. The van der Waals surface area contributed by atoms with Crippen molar-refractivity contribution in [2.75, 3.05) is 23.3 Å². The van der Waals surface area contributed by atoms with Gasteiger partial charge < -0.3 is 15.0 Å². The van der Waals surface area contributed by atoms with Crippen molar-refractivity contribution in [1.82, 2.24) is 0 Å². The fourth-order valence-corrected chi connectivity index (χ4v) is 3.05. The molecule has 27 heavy (non-hydrogen) atoms. The van der Waals surface area contributed by atoms with E-state index < -0.39 is 10.9 Å². The highest BCUT2D eigenvalue weighted by atomic mass is 16.6. The minimum Gasteiger partial charge on any atom is -0.423 e. The van der Waals surface area contributed by atoms with E-state index in [9.17, 15) is 19.7 Å². The van der Waals surface area contributed by atoms with Gasteiger partial charge in [-0.15, -0.1) is 0 Å². The Morgan fingerprint density at radius 1 is 1.33 bits per heavy atom. The predicted molar refractivity (Wildman–Crippen MR) is 100 cm³/mol. The zero-order valence-electron chi connectivity index (χ0n) is 15.0. The summed E-state index contributed by atoms with van der Waals surface area (Å²) >= 11 is 0. The first-order chi connectivity index (χ1) is 12.9. The summed E-state index contributed by atoms with van der Waals surface area (Å²) in [5, 5.41) is 13.8. The van der Waals surface area contributed by atoms with Crippen LogP contribution in [0.15, 0.2) is 36.4 Å². The Kier molecular flexibility index (Phi) is 5.07. The Balaban J connectivity index is 1.81. The number of aryl methyl sites for hydroxylation is 2. The predicted octanol–water partition coefficient (Wildman–Crippen LogP) is 2.83. The molecule has 0 aliphatic carbocycles. The number of carbonyl (C=O) groups is 2. The van der Waals surface area contributed by atoms with E-state index >= 15 is 0 Å². The van der Waals surface area contributed by atoms with Gasteiger partial charge in [0, 0.05) is 11.8 Å². The molecule has 0 spiro atoms. The summed E-state index contributed by atoms with van der Waals surface area (Å²) in [6.45, 7) is 3.75. The largest absolute Gasteiger partial charge is 0.423 e. The molecule has 0 fully saturated rings. The molecule has 0 radical (unpaired) electrons. The lowest BCUT2D eigenvalue weighted by Gasteiger charge is -2.29. The minimum absolute atomic E-state index is 0.0720. The van der Waals surface area contributed by atoms with E-state index in [1.54, 1.807) is 4.90 Å². The van der Waals surface area contributed by atoms with Crippen molar-refractivity contribution in [3.05, 3.63) is 57.6 Å². The Labute approximate surface area is 155 Å². The van der Waals surface area contributed by atoms with E-state index in [1.165, 1.54) is 18.2 Å². The first kappa shape index (κ1) is 18.4. The fraction of sp³-hybridized carbons (Fsp3) is 0.263. The highest BCUT2D eigenvalue weighted by molar-refractivity contribution is 5.97. The molecule has 1 amide bonds. The van der Waals surface area contributed by atoms with Gasteiger partial charge in [0.05, 0.1) is 23.2 Å². The Hall–Kier alpha value is -3.42. The molecule has 0 bridgehead atoms. The van der Waals surface area contributed by atoms with Crippen molar-refractivity contribution in [2.45, 2.75) is 20.3 Å². The Morgan fingerprint density at radius 3 is 2.81 bits per heavy atom. The van der Waals surface area contributed by atoms with Gasteiger partial charge in [-0.1, -0.05) is 25.1 Å². The number of benzene rings is 2. The second-order valence-electron chi connectivity index (χ2n) is 6.25. The van der Waals surface area contributed by atoms with E-state index in [4.69, 9.17) is 4.74 Å². The normalized spacial score (nSPS) is 13.0. The standard InChI is InChI=1S/C19H19N3O5/c1-3-13-6-4-5-12(2)19(13)20-17(23)10-21-11-18(24)27-16-9-14(22(25)26)7-8-15(16)21/h4-9H,3,10-11H2,1-2H3,(H,20,23). The maximum absolute atomic E-state index is 12.6. The number of fused-ring (bicyclic) bond motifs is 1. The number of anilines is 2. The molecule has 0 unspecified atom stereocenters. The molecule has 0 saturated carbocycles. The van der Waals surface area contributed by atoms with Crippen molar-refractivity contribution in [3.8, 4) is 5.75 Å². The number of amides is 1. The van der Waals surface area contributed by atoms with Gasteiger partial charge in [0.1, 0.15) is 6.54 Å². The lowest BCUT2D eigenvalue weighted by Crippen LogP contribution is -2.41. The molecular formula is C19H19N3O5. The van der Waals surface area contributed by atoms with Gasteiger partial charge in [-0.05, 0) is 30.5 Å².